The van der Waals surface area contributed by atoms with Crippen molar-refractivity contribution in [2.75, 3.05) is 5.73 Å². The monoisotopic (exact) mass is 252 g/mol. The molecular weight excluding hydrogens is 244 g/mol. The van der Waals surface area contributed by atoms with Crippen molar-refractivity contribution < 1.29 is 4.42 Å². The summed E-state index contributed by atoms with van der Waals surface area (Å²) in [5.41, 5.74) is 6.54. The van der Waals surface area contributed by atoms with Gasteiger partial charge in [-0.2, -0.15) is 0 Å². The molecule has 0 radical (unpaired) electrons. The van der Waals surface area contributed by atoms with Crippen molar-refractivity contribution in [1.82, 2.24) is 4.98 Å². The molecule has 1 heterocycles. The molecule has 0 aliphatic rings. The van der Waals surface area contributed by atoms with Gasteiger partial charge in [0.25, 0.3) is 6.01 Å². The van der Waals surface area contributed by atoms with E-state index in [1.54, 1.807) is 6.20 Å². The Balaban J connectivity index is 2.15. The first-order valence-electron chi connectivity index (χ1n) is 4.18. The van der Waals surface area contributed by atoms with Crippen LogP contribution < -0.4 is 5.73 Å². The number of nitrogens with zero attached hydrogens (tertiary/aromatic N) is 1. The Kier molecular flexibility index (Phi) is 2.54. The lowest BCUT2D eigenvalue weighted by atomic mass is 10.1. The highest BCUT2D eigenvalue weighted by Gasteiger charge is 2.01. The van der Waals surface area contributed by atoms with Gasteiger partial charge in [-0.25, -0.2) is 4.98 Å². The molecule has 0 bridgehead atoms. The van der Waals surface area contributed by atoms with Crippen LogP contribution in [0.5, 0.6) is 0 Å². The van der Waals surface area contributed by atoms with Gasteiger partial charge in [-0.3, -0.25) is 0 Å². The quantitative estimate of drug-likeness (QED) is 0.894. The highest BCUT2D eigenvalue weighted by Crippen LogP contribution is 2.15. The summed E-state index contributed by atoms with van der Waals surface area (Å²) >= 11 is 3.38. The SMILES string of the molecule is Nc1ncc(Cc2ccc(Br)cc2)o1. The van der Waals surface area contributed by atoms with Crippen molar-refractivity contribution in [2.45, 2.75) is 6.42 Å². The van der Waals surface area contributed by atoms with Crippen molar-refractivity contribution >= 4 is 21.9 Å². The van der Waals surface area contributed by atoms with Crippen LogP contribution in [-0.2, 0) is 6.42 Å². The molecule has 0 saturated heterocycles. The van der Waals surface area contributed by atoms with E-state index in [1.165, 1.54) is 5.56 Å². The van der Waals surface area contributed by atoms with Crippen LogP contribution in [0, 0.1) is 0 Å². The normalized spacial score (nSPS) is 10.4. The standard InChI is InChI=1S/C10H9BrN2O/c11-8-3-1-7(2-4-8)5-9-6-13-10(12)14-9/h1-4,6H,5H2,(H2,12,13). The zero-order valence-corrected chi connectivity index (χ0v) is 8.99. The van der Waals surface area contributed by atoms with E-state index in [2.05, 4.69) is 20.9 Å². The first-order chi connectivity index (χ1) is 6.74. The highest BCUT2D eigenvalue weighted by atomic mass is 79.9. The first-order valence-corrected chi connectivity index (χ1v) is 4.98. The van der Waals surface area contributed by atoms with Crippen LogP contribution in [0.15, 0.2) is 39.4 Å². The van der Waals surface area contributed by atoms with Gasteiger partial charge >= 0.3 is 0 Å². The van der Waals surface area contributed by atoms with Gasteiger partial charge in [-0.1, -0.05) is 28.1 Å². The molecule has 0 fully saturated rings. The van der Waals surface area contributed by atoms with E-state index in [0.29, 0.717) is 0 Å². The third-order valence-corrected chi connectivity index (χ3v) is 2.39. The molecule has 4 heteroatoms. The number of hydrogen-bond acceptors (Lipinski definition) is 3. The third kappa shape index (κ3) is 2.14. The minimum Gasteiger partial charge on any atom is -0.429 e. The van der Waals surface area contributed by atoms with Crippen LogP contribution in [0.2, 0.25) is 0 Å². The molecule has 0 saturated carbocycles. The number of anilines is 1. The van der Waals surface area contributed by atoms with Gasteiger partial charge in [-0.05, 0) is 17.7 Å². The molecule has 2 rings (SSSR count). The Labute approximate surface area is 90.1 Å². The second-order valence-corrected chi connectivity index (χ2v) is 3.88. The molecule has 0 spiro atoms. The fourth-order valence-corrected chi connectivity index (χ4v) is 1.47. The molecule has 2 aromatic rings. The fourth-order valence-electron chi connectivity index (χ4n) is 1.21. The summed E-state index contributed by atoms with van der Waals surface area (Å²) in [6.07, 6.45) is 2.37. The van der Waals surface area contributed by atoms with Gasteiger partial charge in [0.15, 0.2) is 0 Å². The second-order valence-electron chi connectivity index (χ2n) is 2.97. The number of aromatic nitrogens is 1. The van der Waals surface area contributed by atoms with E-state index in [1.807, 2.05) is 24.3 Å². The molecule has 0 aliphatic heterocycles. The van der Waals surface area contributed by atoms with Crippen molar-refractivity contribution in [3.8, 4) is 0 Å². The third-order valence-electron chi connectivity index (χ3n) is 1.86. The van der Waals surface area contributed by atoms with Gasteiger partial charge in [0.05, 0.1) is 6.20 Å². The summed E-state index contributed by atoms with van der Waals surface area (Å²) < 4.78 is 6.24. The fraction of sp³-hybridized carbons (Fsp3) is 0.100. The average molecular weight is 253 g/mol. The van der Waals surface area contributed by atoms with E-state index in [-0.39, 0.29) is 6.01 Å². The summed E-state index contributed by atoms with van der Waals surface area (Å²) in [6.45, 7) is 0. The van der Waals surface area contributed by atoms with Gasteiger partial charge in [0.1, 0.15) is 5.76 Å². The Hall–Kier alpha value is -1.29. The van der Waals surface area contributed by atoms with Gasteiger partial charge < -0.3 is 10.2 Å². The maximum absolute atomic E-state index is 5.37. The maximum atomic E-state index is 5.37. The molecule has 1 aromatic heterocycles. The molecule has 0 amide bonds. The van der Waals surface area contributed by atoms with Crippen molar-refractivity contribution in [2.24, 2.45) is 0 Å². The lowest BCUT2D eigenvalue weighted by Crippen LogP contribution is -1.85. The number of hydrogen-bond donors (Lipinski definition) is 1. The number of halogens is 1. The van der Waals surface area contributed by atoms with E-state index in [0.717, 1.165) is 16.7 Å². The van der Waals surface area contributed by atoms with Crippen LogP contribution in [-0.4, -0.2) is 4.98 Å². The van der Waals surface area contributed by atoms with Crippen LogP contribution in [0.4, 0.5) is 6.01 Å². The zero-order chi connectivity index (χ0) is 9.97. The topological polar surface area (TPSA) is 52.0 Å². The summed E-state index contributed by atoms with van der Waals surface area (Å²) in [6, 6.07) is 8.27. The minimum atomic E-state index is 0.220. The largest absolute Gasteiger partial charge is 0.429 e. The predicted octanol–water partition coefficient (Wildman–Crippen LogP) is 2.61. The van der Waals surface area contributed by atoms with Crippen LogP contribution >= 0.6 is 15.9 Å². The molecule has 3 nitrogen and oxygen atoms in total. The van der Waals surface area contributed by atoms with E-state index in [9.17, 15) is 0 Å². The molecule has 0 aliphatic carbocycles. The Bertz CT molecular complexity index is 422. The predicted molar refractivity (Wildman–Crippen MR) is 57.9 cm³/mol. The molecule has 14 heavy (non-hydrogen) atoms. The van der Waals surface area contributed by atoms with Gasteiger partial charge in [0, 0.05) is 10.9 Å². The van der Waals surface area contributed by atoms with Gasteiger partial charge in [0.2, 0.25) is 0 Å². The van der Waals surface area contributed by atoms with Crippen molar-refractivity contribution in [3.63, 3.8) is 0 Å². The maximum Gasteiger partial charge on any atom is 0.292 e. The number of nitrogens with two attached hydrogens (primary N) is 1. The van der Waals surface area contributed by atoms with Crippen LogP contribution in [0.3, 0.4) is 0 Å². The van der Waals surface area contributed by atoms with E-state index >= 15 is 0 Å². The second kappa shape index (κ2) is 3.84. The lowest BCUT2D eigenvalue weighted by Gasteiger charge is -1.97. The first kappa shape index (κ1) is 9.27. The molecule has 1 aromatic carbocycles. The number of oxazole rings is 1. The molecular formula is C10H9BrN2O. The van der Waals surface area contributed by atoms with Crippen LogP contribution in [0.1, 0.15) is 11.3 Å². The highest BCUT2D eigenvalue weighted by molar-refractivity contribution is 9.10. The Morgan fingerprint density at radius 1 is 1.29 bits per heavy atom. The summed E-state index contributed by atoms with van der Waals surface area (Å²) in [5, 5.41) is 0. The smallest absolute Gasteiger partial charge is 0.292 e. The average Bonchev–Trinajstić information content (AvgIpc) is 2.56. The number of rotatable bonds is 2. The lowest BCUT2D eigenvalue weighted by molar-refractivity contribution is 0.534. The van der Waals surface area contributed by atoms with Crippen molar-refractivity contribution in [1.29, 1.82) is 0 Å². The molecule has 72 valence electrons. The number of nitrogen functional groups attached to an aromatic ring is 1. The Morgan fingerprint density at radius 2 is 2.00 bits per heavy atom. The van der Waals surface area contributed by atoms with E-state index < -0.39 is 0 Å². The van der Waals surface area contributed by atoms with Gasteiger partial charge in [-0.15, -0.1) is 0 Å². The summed E-state index contributed by atoms with van der Waals surface area (Å²) in [4.78, 5) is 3.83. The minimum absolute atomic E-state index is 0.220. The molecule has 2 N–H and O–H groups in total. The summed E-state index contributed by atoms with van der Waals surface area (Å²) in [7, 11) is 0. The summed E-state index contributed by atoms with van der Waals surface area (Å²) in [5.74, 6) is 0.782. The Morgan fingerprint density at radius 3 is 2.57 bits per heavy atom. The van der Waals surface area contributed by atoms with E-state index in [4.69, 9.17) is 10.2 Å². The van der Waals surface area contributed by atoms with Crippen LogP contribution in [0.25, 0.3) is 0 Å². The number of benzene rings is 1. The molecule has 0 unspecified atom stereocenters. The molecule has 0 atom stereocenters. The zero-order valence-electron chi connectivity index (χ0n) is 7.40. The van der Waals surface area contributed by atoms with Crippen molar-refractivity contribution in [3.05, 3.63) is 46.3 Å².